The van der Waals surface area contributed by atoms with Crippen LogP contribution in [0.2, 0.25) is 0 Å². The van der Waals surface area contributed by atoms with Gasteiger partial charge >= 0.3 is 0 Å². The first-order valence-electron chi connectivity index (χ1n) is 10.6. The van der Waals surface area contributed by atoms with E-state index in [2.05, 4.69) is 17.1 Å². The van der Waals surface area contributed by atoms with Crippen molar-refractivity contribution < 1.29 is 19.0 Å². The van der Waals surface area contributed by atoms with Crippen LogP contribution in [-0.2, 0) is 23.8 Å². The minimum Gasteiger partial charge on any atom is -0.493 e. The maximum absolute atomic E-state index is 13.2. The smallest absolute Gasteiger partial charge is 0.253 e. The molecule has 3 aromatic rings. The van der Waals surface area contributed by atoms with Crippen LogP contribution in [0.1, 0.15) is 34.3 Å². The van der Waals surface area contributed by atoms with Gasteiger partial charge in [0.1, 0.15) is 0 Å². The van der Waals surface area contributed by atoms with Crippen molar-refractivity contribution in [2.45, 2.75) is 24.9 Å². The molecule has 0 atom stereocenters. The molecule has 0 bridgehead atoms. The largest absolute Gasteiger partial charge is 0.493 e. The van der Waals surface area contributed by atoms with E-state index in [4.69, 9.17) is 14.2 Å². The molecule has 3 heterocycles. The fourth-order valence-electron chi connectivity index (χ4n) is 4.92. The summed E-state index contributed by atoms with van der Waals surface area (Å²) in [4.78, 5) is 19.5. The molecule has 0 aliphatic carbocycles. The molecule has 0 unspecified atom stereocenters. The van der Waals surface area contributed by atoms with Gasteiger partial charge in [0.15, 0.2) is 11.5 Å². The molecule has 1 spiro atoms. The Morgan fingerprint density at radius 3 is 2.58 bits per heavy atom. The Bertz CT molecular complexity index is 1150. The van der Waals surface area contributed by atoms with Gasteiger partial charge in [-0.05, 0) is 60.7 Å². The first-order chi connectivity index (χ1) is 15.0. The van der Waals surface area contributed by atoms with Crippen molar-refractivity contribution in [3.05, 3.63) is 53.3 Å². The fourth-order valence-corrected chi connectivity index (χ4v) is 4.92. The minimum atomic E-state index is -0.380. The number of hydrogen-bond donors (Lipinski definition) is 0. The summed E-state index contributed by atoms with van der Waals surface area (Å²) in [5, 5.41) is 0. The lowest BCUT2D eigenvalue weighted by Crippen LogP contribution is -2.48. The summed E-state index contributed by atoms with van der Waals surface area (Å²) in [6.07, 6.45) is 4.13. The summed E-state index contributed by atoms with van der Waals surface area (Å²) >= 11 is 0. The van der Waals surface area contributed by atoms with E-state index in [0.717, 1.165) is 36.0 Å². The van der Waals surface area contributed by atoms with Crippen molar-refractivity contribution in [1.82, 2.24) is 14.5 Å². The zero-order valence-corrected chi connectivity index (χ0v) is 18.2. The average molecular weight is 421 g/mol. The Hall–Kier alpha value is -3.06. The van der Waals surface area contributed by atoms with Crippen LogP contribution >= 0.6 is 0 Å². The zero-order chi connectivity index (χ0) is 21.6. The van der Waals surface area contributed by atoms with E-state index in [1.807, 2.05) is 34.7 Å². The van der Waals surface area contributed by atoms with E-state index < -0.39 is 0 Å². The quantitative estimate of drug-likeness (QED) is 0.649. The molecule has 7 heteroatoms. The van der Waals surface area contributed by atoms with Crippen molar-refractivity contribution in [3.63, 3.8) is 0 Å². The molecule has 0 radical (unpaired) electrons. The number of methoxy groups -OCH3 is 2. The predicted octanol–water partition coefficient (Wildman–Crippen LogP) is 3.29. The van der Waals surface area contributed by atoms with Crippen LogP contribution < -0.4 is 9.47 Å². The van der Waals surface area contributed by atoms with Crippen LogP contribution in [0.4, 0.5) is 0 Å². The fraction of sp³-hybridized carbons (Fsp3) is 0.417. The van der Waals surface area contributed by atoms with Crippen molar-refractivity contribution in [1.29, 1.82) is 0 Å². The molecular weight excluding hydrogens is 394 g/mol. The molecule has 0 saturated carbocycles. The number of imidazole rings is 1. The second kappa shape index (κ2) is 7.57. The Balaban J connectivity index is 1.38. The number of benzene rings is 2. The number of ether oxygens (including phenoxy) is 3. The van der Waals surface area contributed by atoms with E-state index >= 15 is 0 Å². The third kappa shape index (κ3) is 3.24. The molecule has 1 saturated heterocycles. The number of likely N-dealkylation sites (tertiary alicyclic amines) is 1. The van der Waals surface area contributed by atoms with Gasteiger partial charge in [-0.15, -0.1) is 0 Å². The molecule has 162 valence electrons. The number of carbonyl (C=O) groups excluding carboxylic acids is 1. The van der Waals surface area contributed by atoms with Crippen LogP contribution in [0.25, 0.3) is 11.0 Å². The van der Waals surface area contributed by atoms with E-state index in [0.29, 0.717) is 31.0 Å². The van der Waals surface area contributed by atoms with Crippen LogP contribution in [0.5, 0.6) is 11.5 Å². The highest BCUT2D eigenvalue weighted by Crippen LogP contribution is 2.45. The molecule has 5 rings (SSSR count). The lowest BCUT2D eigenvalue weighted by atomic mass is 9.79. The average Bonchev–Trinajstić information content (AvgIpc) is 3.18. The number of aromatic nitrogens is 2. The Kier molecular flexibility index (Phi) is 4.85. The third-order valence-electron chi connectivity index (χ3n) is 6.68. The van der Waals surface area contributed by atoms with Gasteiger partial charge in [0.25, 0.3) is 5.91 Å². The summed E-state index contributed by atoms with van der Waals surface area (Å²) in [7, 11) is 5.26. The molecular formula is C24H27N3O4. The van der Waals surface area contributed by atoms with Crippen molar-refractivity contribution >= 4 is 16.9 Å². The first kappa shape index (κ1) is 19.9. The lowest BCUT2D eigenvalue weighted by molar-refractivity contribution is -0.0936. The monoisotopic (exact) mass is 421 g/mol. The number of nitrogens with zero attached hydrogens (tertiary/aromatic N) is 3. The Morgan fingerprint density at radius 1 is 1.10 bits per heavy atom. The van der Waals surface area contributed by atoms with Gasteiger partial charge in [0, 0.05) is 25.7 Å². The van der Waals surface area contributed by atoms with Crippen LogP contribution in [-0.4, -0.2) is 54.3 Å². The van der Waals surface area contributed by atoms with Gasteiger partial charge < -0.3 is 23.7 Å². The summed E-state index contributed by atoms with van der Waals surface area (Å²) in [5.74, 6) is 1.51. The molecule has 1 aromatic heterocycles. The summed E-state index contributed by atoms with van der Waals surface area (Å²) in [6, 6.07) is 9.85. The number of amides is 1. The van der Waals surface area contributed by atoms with Crippen LogP contribution in [0, 0.1) is 0 Å². The first-order valence-corrected chi connectivity index (χ1v) is 10.6. The molecule has 2 aliphatic heterocycles. The second-order valence-corrected chi connectivity index (χ2v) is 8.31. The number of hydrogen-bond acceptors (Lipinski definition) is 5. The SMILES string of the molecule is COc1cc2c(cc1OC)C1(CCN(C(=O)c3ccc4c(c3)ncn4C)CC1)OCC2. The normalized spacial score (nSPS) is 17.6. The van der Waals surface area contributed by atoms with Crippen molar-refractivity contribution in [2.75, 3.05) is 33.9 Å². The highest BCUT2D eigenvalue weighted by Gasteiger charge is 2.42. The molecule has 31 heavy (non-hydrogen) atoms. The van der Waals surface area contributed by atoms with Crippen molar-refractivity contribution in [3.8, 4) is 11.5 Å². The topological polar surface area (TPSA) is 65.8 Å². The van der Waals surface area contributed by atoms with Crippen LogP contribution in [0.3, 0.4) is 0 Å². The van der Waals surface area contributed by atoms with Gasteiger partial charge in [0.05, 0.1) is 43.8 Å². The maximum atomic E-state index is 13.2. The minimum absolute atomic E-state index is 0.0470. The van der Waals surface area contributed by atoms with Crippen LogP contribution in [0.15, 0.2) is 36.7 Å². The van der Waals surface area contributed by atoms with E-state index in [9.17, 15) is 4.79 Å². The van der Waals surface area contributed by atoms with Gasteiger partial charge in [-0.3, -0.25) is 4.79 Å². The Labute approximate surface area is 181 Å². The highest BCUT2D eigenvalue weighted by molar-refractivity contribution is 5.97. The predicted molar refractivity (Wildman–Crippen MR) is 117 cm³/mol. The van der Waals surface area contributed by atoms with Gasteiger partial charge in [0.2, 0.25) is 0 Å². The van der Waals surface area contributed by atoms with E-state index in [1.54, 1.807) is 20.5 Å². The summed E-state index contributed by atoms with van der Waals surface area (Å²) in [6.45, 7) is 1.96. The molecule has 2 aliphatic rings. The molecule has 1 amide bonds. The number of aryl methyl sites for hydroxylation is 1. The molecule has 7 nitrogen and oxygen atoms in total. The molecule has 2 aromatic carbocycles. The molecule has 1 fully saturated rings. The van der Waals surface area contributed by atoms with Gasteiger partial charge in [-0.1, -0.05) is 0 Å². The van der Waals surface area contributed by atoms with Gasteiger partial charge in [-0.25, -0.2) is 4.98 Å². The second-order valence-electron chi connectivity index (χ2n) is 8.31. The standard InChI is InChI=1S/C24H27N3O4/c1-26-15-25-19-12-17(4-5-20(19)26)23(28)27-9-7-24(8-10-27)18-14-22(30-3)21(29-2)13-16(18)6-11-31-24/h4-5,12-15H,6-11H2,1-3H3. The lowest BCUT2D eigenvalue weighted by Gasteiger charge is -2.45. The Morgan fingerprint density at radius 2 is 1.84 bits per heavy atom. The zero-order valence-electron chi connectivity index (χ0n) is 18.2. The third-order valence-corrected chi connectivity index (χ3v) is 6.68. The van der Waals surface area contributed by atoms with E-state index in [-0.39, 0.29) is 11.5 Å². The van der Waals surface area contributed by atoms with Crippen molar-refractivity contribution in [2.24, 2.45) is 7.05 Å². The number of carbonyl (C=O) groups is 1. The number of fused-ring (bicyclic) bond motifs is 3. The summed E-state index contributed by atoms with van der Waals surface area (Å²) < 4.78 is 19.3. The number of piperidine rings is 1. The number of rotatable bonds is 3. The highest BCUT2D eigenvalue weighted by atomic mass is 16.5. The molecule has 0 N–H and O–H groups in total. The van der Waals surface area contributed by atoms with E-state index in [1.165, 1.54) is 11.1 Å². The summed E-state index contributed by atoms with van der Waals surface area (Å²) in [5.41, 5.74) is 4.56. The van der Waals surface area contributed by atoms with Gasteiger partial charge in [-0.2, -0.15) is 0 Å². The maximum Gasteiger partial charge on any atom is 0.253 e.